The van der Waals surface area contributed by atoms with E-state index in [1.165, 1.54) is 156 Å². The summed E-state index contributed by atoms with van der Waals surface area (Å²) in [6.07, 6.45) is 29.2. The standard InChI is InChI=1S/C37H56/c1-3-5-7-9-11-12-13-14-15-17-19-21-27-33-32(26-20-18-16-10-8-6-4-2)34-28-22-24-30-36(34)37-31-25-23-29-35(33)37/h22-25,28-31H,3-21,26-27H2,1-2H3. The Morgan fingerprint density at radius 1 is 0.324 bits per heavy atom. The summed E-state index contributed by atoms with van der Waals surface area (Å²) in [4.78, 5) is 0. The largest absolute Gasteiger partial charge is 0.0654 e. The van der Waals surface area contributed by atoms with Crippen molar-refractivity contribution in [2.24, 2.45) is 0 Å². The van der Waals surface area contributed by atoms with Gasteiger partial charge in [0.05, 0.1) is 0 Å². The van der Waals surface area contributed by atoms with Crippen molar-refractivity contribution in [1.82, 2.24) is 0 Å². The molecule has 0 fully saturated rings. The molecule has 37 heavy (non-hydrogen) atoms. The molecule has 0 atom stereocenters. The van der Waals surface area contributed by atoms with Gasteiger partial charge in [0.2, 0.25) is 0 Å². The highest BCUT2D eigenvalue weighted by Crippen LogP contribution is 2.35. The van der Waals surface area contributed by atoms with E-state index in [0.717, 1.165) is 0 Å². The number of unbranched alkanes of at least 4 members (excludes halogenated alkanes) is 17. The molecule has 0 aliphatic heterocycles. The van der Waals surface area contributed by atoms with Crippen LogP contribution in [0.1, 0.15) is 147 Å². The third kappa shape index (κ3) is 10.1. The smallest absolute Gasteiger partial charge is 0.0102 e. The summed E-state index contributed by atoms with van der Waals surface area (Å²) < 4.78 is 0. The fraction of sp³-hybridized carbons (Fsp3) is 0.622. The summed E-state index contributed by atoms with van der Waals surface area (Å²) in [7, 11) is 0. The lowest BCUT2D eigenvalue weighted by Crippen LogP contribution is -2.00. The van der Waals surface area contributed by atoms with Gasteiger partial charge in [0.25, 0.3) is 0 Å². The van der Waals surface area contributed by atoms with E-state index < -0.39 is 0 Å². The lowest BCUT2D eigenvalue weighted by atomic mass is 9.86. The van der Waals surface area contributed by atoms with Crippen LogP contribution < -0.4 is 0 Å². The Bertz CT molecular complexity index is 998. The average molecular weight is 501 g/mol. The lowest BCUT2D eigenvalue weighted by Gasteiger charge is -2.18. The zero-order valence-corrected chi connectivity index (χ0v) is 24.5. The van der Waals surface area contributed by atoms with Crippen LogP contribution >= 0.6 is 0 Å². The van der Waals surface area contributed by atoms with Crippen LogP contribution in [0.25, 0.3) is 21.5 Å². The predicted molar refractivity (Wildman–Crippen MR) is 168 cm³/mol. The zero-order valence-electron chi connectivity index (χ0n) is 24.5. The molecule has 3 aromatic rings. The molecule has 204 valence electrons. The Hall–Kier alpha value is -1.82. The van der Waals surface area contributed by atoms with Gasteiger partial charge in [-0.15, -0.1) is 0 Å². The second-order valence-electron chi connectivity index (χ2n) is 11.6. The van der Waals surface area contributed by atoms with Crippen molar-refractivity contribution in [3.63, 3.8) is 0 Å². The summed E-state index contributed by atoms with van der Waals surface area (Å²) in [5.41, 5.74) is 3.32. The number of rotatable bonds is 21. The Balaban J connectivity index is 1.55. The second-order valence-corrected chi connectivity index (χ2v) is 11.6. The van der Waals surface area contributed by atoms with Gasteiger partial charge in [-0.2, -0.15) is 0 Å². The molecule has 0 spiro atoms. The number of benzene rings is 3. The summed E-state index contributed by atoms with van der Waals surface area (Å²) in [6, 6.07) is 18.4. The first-order valence-corrected chi connectivity index (χ1v) is 16.3. The molecule has 0 nitrogen and oxygen atoms in total. The van der Waals surface area contributed by atoms with Gasteiger partial charge in [-0.3, -0.25) is 0 Å². The maximum atomic E-state index is 2.39. The van der Waals surface area contributed by atoms with E-state index in [0.29, 0.717) is 0 Å². The summed E-state index contributed by atoms with van der Waals surface area (Å²) >= 11 is 0. The first kappa shape index (κ1) is 29.7. The average Bonchev–Trinajstić information content (AvgIpc) is 2.94. The molecule has 0 saturated carbocycles. The van der Waals surface area contributed by atoms with Gasteiger partial charge in [0.1, 0.15) is 0 Å². The first-order valence-electron chi connectivity index (χ1n) is 16.3. The number of hydrogen-bond donors (Lipinski definition) is 0. The van der Waals surface area contributed by atoms with Crippen LogP contribution in [0.4, 0.5) is 0 Å². The van der Waals surface area contributed by atoms with Crippen molar-refractivity contribution >= 4 is 21.5 Å². The van der Waals surface area contributed by atoms with Crippen LogP contribution in [0.3, 0.4) is 0 Å². The Morgan fingerprint density at radius 3 is 0.919 bits per heavy atom. The molecule has 0 amide bonds. The van der Waals surface area contributed by atoms with Gasteiger partial charge < -0.3 is 0 Å². The van der Waals surface area contributed by atoms with Gasteiger partial charge in [0.15, 0.2) is 0 Å². The fourth-order valence-corrected chi connectivity index (χ4v) is 6.26. The van der Waals surface area contributed by atoms with Crippen molar-refractivity contribution in [2.45, 2.75) is 149 Å². The van der Waals surface area contributed by atoms with Crippen LogP contribution in [0.5, 0.6) is 0 Å². The van der Waals surface area contributed by atoms with Crippen LogP contribution in [0.2, 0.25) is 0 Å². The normalized spacial score (nSPS) is 11.6. The molecule has 3 rings (SSSR count). The number of fused-ring (bicyclic) bond motifs is 3. The van der Waals surface area contributed by atoms with Crippen LogP contribution in [-0.4, -0.2) is 0 Å². The summed E-state index contributed by atoms with van der Waals surface area (Å²) in [5.74, 6) is 0. The highest BCUT2D eigenvalue weighted by Gasteiger charge is 2.13. The van der Waals surface area contributed by atoms with Crippen molar-refractivity contribution < 1.29 is 0 Å². The van der Waals surface area contributed by atoms with Gasteiger partial charge >= 0.3 is 0 Å². The highest BCUT2D eigenvalue weighted by atomic mass is 14.2. The molecular formula is C37H56. The van der Waals surface area contributed by atoms with Crippen LogP contribution in [-0.2, 0) is 12.8 Å². The predicted octanol–water partition coefficient (Wildman–Crippen LogP) is 12.5. The monoisotopic (exact) mass is 500 g/mol. The molecule has 0 aliphatic carbocycles. The quantitative estimate of drug-likeness (QED) is 0.101. The molecule has 0 heteroatoms. The minimum absolute atomic E-state index is 1.24. The third-order valence-corrected chi connectivity index (χ3v) is 8.47. The van der Waals surface area contributed by atoms with E-state index in [9.17, 15) is 0 Å². The van der Waals surface area contributed by atoms with Crippen molar-refractivity contribution in [3.8, 4) is 0 Å². The van der Waals surface area contributed by atoms with Gasteiger partial charge in [-0.1, -0.05) is 172 Å². The Kier molecular flexibility index (Phi) is 14.8. The van der Waals surface area contributed by atoms with Crippen LogP contribution in [0.15, 0.2) is 48.5 Å². The molecule has 0 N–H and O–H groups in total. The summed E-state index contributed by atoms with van der Waals surface area (Å²) in [5, 5.41) is 5.94. The van der Waals surface area contributed by atoms with E-state index in [2.05, 4.69) is 62.4 Å². The Labute approximate surface area is 229 Å². The minimum atomic E-state index is 1.24. The SMILES string of the molecule is CCCCCCCCCCCCCCc1c(CCCCCCCCC)c2ccccc2c2ccccc12. The van der Waals surface area contributed by atoms with Crippen LogP contribution in [0, 0.1) is 0 Å². The summed E-state index contributed by atoms with van der Waals surface area (Å²) in [6.45, 7) is 4.61. The lowest BCUT2D eigenvalue weighted by molar-refractivity contribution is 0.544. The number of aryl methyl sites for hydroxylation is 2. The topological polar surface area (TPSA) is 0 Å². The first-order chi connectivity index (χ1) is 18.4. The minimum Gasteiger partial charge on any atom is -0.0654 e. The van der Waals surface area contributed by atoms with E-state index in [1.807, 2.05) is 0 Å². The van der Waals surface area contributed by atoms with Crippen molar-refractivity contribution in [1.29, 1.82) is 0 Å². The molecule has 0 unspecified atom stereocenters. The maximum absolute atomic E-state index is 2.39. The highest BCUT2D eigenvalue weighted by molar-refractivity contribution is 6.10. The molecule has 0 saturated heterocycles. The van der Waals surface area contributed by atoms with E-state index in [1.54, 1.807) is 11.1 Å². The molecule has 0 heterocycles. The van der Waals surface area contributed by atoms with E-state index in [-0.39, 0.29) is 0 Å². The second kappa shape index (κ2) is 18.4. The van der Waals surface area contributed by atoms with E-state index in [4.69, 9.17) is 0 Å². The molecular weight excluding hydrogens is 444 g/mol. The Morgan fingerprint density at radius 2 is 0.595 bits per heavy atom. The van der Waals surface area contributed by atoms with Gasteiger partial charge in [-0.25, -0.2) is 0 Å². The molecule has 0 radical (unpaired) electrons. The molecule has 0 aliphatic rings. The maximum Gasteiger partial charge on any atom is -0.0102 e. The van der Waals surface area contributed by atoms with Crippen molar-refractivity contribution in [2.75, 3.05) is 0 Å². The van der Waals surface area contributed by atoms with E-state index >= 15 is 0 Å². The number of hydrogen-bond acceptors (Lipinski definition) is 0. The fourth-order valence-electron chi connectivity index (χ4n) is 6.26. The molecule has 0 bridgehead atoms. The molecule has 0 aromatic heterocycles. The zero-order chi connectivity index (χ0) is 26.0. The molecule has 3 aromatic carbocycles. The third-order valence-electron chi connectivity index (χ3n) is 8.47. The van der Waals surface area contributed by atoms with Gasteiger partial charge in [-0.05, 0) is 58.4 Å². The van der Waals surface area contributed by atoms with Crippen molar-refractivity contribution in [3.05, 3.63) is 59.7 Å². The van der Waals surface area contributed by atoms with Gasteiger partial charge in [0, 0.05) is 0 Å².